The molecule has 0 atom stereocenters. The summed E-state index contributed by atoms with van der Waals surface area (Å²) in [5, 5.41) is 19.6. The molecular weight excluding hydrogens is 476 g/mol. The zero-order valence-corrected chi connectivity index (χ0v) is 21.7. The van der Waals surface area contributed by atoms with Gasteiger partial charge < -0.3 is 25.6 Å². The van der Waals surface area contributed by atoms with Gasteiger partial charge in [0.05, 0.1) is 23.4 Å². The van der Waals surface area contributed by atoms with E-state index in [1.54, 1.807) is 6.20 Å². The van der Waals surface area contributed by atoms with Crippen molar-refractivity contribution in [1.29, 1.82) is 5.26 Å². The predicted octanol–water partition coefficient (Wildman–Crippen LogP) is 5.74. The van der Waals surface area contributed by atoms with Crippen molar-refractivity contribution in [2.75, 3.05) is 49.7 Å². The van der Waals surface area contributed by atoms with E-state index in [2.05, 4.69) is 31.9 Å². The minimum atomic E-state index is -0.290. The molecule has 0 spiro atoms. The number of pyridine rings is 1. The number of aromatic nitrogens is 1. The molecule has 0 saturated heterocycles. The van der Waals surface area contributed by atoms with Gasteiger partial charge in [-0.3, -0.25) is 4.98 Å². The van der Waals surface area contributed by atoms with E-state index in [0.717, 1.165) is 53.0 Å². The number of ether oxygens (including phenoxy) is 1. The van der Waals surface area contributed by atoms with Crippen LogP contribution in [0.25, 0.3) is 10.9 Å². The van der Waals surface area contributed by atoms with Gasteiger partial charge in [-0.1, -0.05) is 30.3 Å². The Balaban J connectivity index is 1.33. The van der Waals surface area contributed by atoms with Gasteiger partial charge in [0.25, 0.3) is 0 Å². The number of benzene rings is 3. The van der Waals surface area contributed by atoms with Crippen molar-refractivity contribution in [2.24, 2.45) is 0 Å². The van der Waals surface area contributed by atoms with Crippen molar-refractivity contribution in [1.82, 2.24) is 9.88 Å². The van der Waals surface area contributed by atoms with Crippen LogP contribution in [0.4, 0.5) is 21.9 Å². The number of nitrogens with zero attached hydrogens (tertiary/aromatic N) is 3. The van der Waals surface area contributed by atoms with Crippen molar-refractivity contribution in [3.05, 3.63) is 90.1 Å². The quantitative estimate of drug-likeness (QED) is 0.224. The fourth-order valence-corrected chi connectivity index (χ4v) is 4.01. The molecule has 1 heterocycles. The van der Waals surface area contributed by atoms with Crippen LogP contribution in [-0.2, 0) is 6.42 Å². The number of rotatable bonds is 11. The highest BCUT2D eigenvalue weighted by molar-refractivity contribution is 5.99. The highest BCUT2D eigenvalue weighted by Crippen LogP contribution is 2.28. The van der Waals surface area contributed by atoms with Crippen LogP contribution in [0.5, 0.6) is 5.75 Å². The molecule has 0 unspecified atom stereocenters. The summed E-state index contributed by atoms with van der Waals surface area (Å²) in [7, 11) is 4.09. The molecule has 0 fully saturated rings. The summed E-state index contributed by atoms with van der Waals surface area (Å²) in [6.07, 6.45) is 3.29. The number of para-hydroxylation sites is 1. The van der Waals surface area contributed by atoms with Crippen LogP contribution in [0.2, 0.25) is 0 Å². The van der Waals surface area contributed by atoms with Crippen LogP contribution in [0, 0.1) is 11.3 Å². The average Bonchev–Trinajstić information content (AvgIpc) is 2.92. The van der Waals surface area contributed by atoms with Gasteiger partial charge in [0.2, 0.25) is 0 Å². The molecule has 4 rings (SSSR count). The van der Waals surface area contributed by atoms with E-state index < -0.39 is 0 Å². The molecular formula is C30H32N6O2. The number of fused-ring (bicyclic) bond motifs is 1. The molecule has 0 saturated carbocycles. The summed E-state index contributed by atoms with van der Waals surface area (Å²) in [5.41, 5.74) is 4.60. The SMILES string of the molecule is CN(C)CCCOc1ccc2c(NCCc3ccc(NC(=O)Nc4ccccc4)cc3)c(C#N)cnc2c1. The Labute approximate surface area is 223 Å². The van der Waals surface area contributed by atoms with Crippen LogP contribution in [0.1, 0.15) is 17.5 Å². The number of hydrogen-bond acceptors (Lipinski definition) is 6. The van der Waals surface area contributed by atoms with Crippen LogP contribution in [-0.4, -0.2) is 49.7 Å². The molecule has 0 aliphatic heterocycles. The molecule has 0 aliphatic rings. The maximum absolute atomic E-state index is 12.2. The minimum absolute atomic E-state index is 0.290. The van der Waals surface area contributed by atoms with Crippen molar-refractivity contribution >= 4 is 34.0 Å². The first-order valence-electron chi connectivity index (χ1n) is 12.6. The molecule has 3 N–H and O–H groups in total. The van der Waals surface area contributed by atoms with E-state index in [4.69, 9.17) is 4.74 Å². The monoisotopic (exact) mass is 508 g/mol. The van der Waals surface area contributed by atoms with Crippen LogP contribution in [0.3, 0.4) is 0 Å². The Morgan fingerprint density at radius 1 is 1.00 bits per heavy atom. The van der Waals surface area contributed by atoms with Gasteiger partial charge in [0.15, 0.2) is 0 Å². The second kappa shape index (κ2) is 13.1. The molecule has 0 bridgehead atoms. The van der Waals surface area contributed by atoms with Gasteiger partial charge in [-0.25, -0.2) is 4.79 Å². The van der Waals surface area contributed by atoms with Crippen molar-refractivity contribution in [3.63, 3.8) is 0 Å². The van der Waals surface area contributed by atoms with Gasteiger partial charge >= 0.3 is 6.03 Å². The standard InChI is InChI=1S/C30H32N6O2/c1-36(2)17-6-18-38-26-13-14-27-28(19-26)33-21-23(20-31)29(27)32-16-15-22-9-11-25(12-10-22)35-30(37)34-24-7-4-3-5-8-24/h3-5,7-14,19,21H,6,15-18H2,1-2H3,(H,32,33)(H2,34,35,37). The Kier molecular flexibility index (Phi) is 9.11. The Hall–Kier alpha value is -4.61. The Morgan fingerprint density at radius 2 is 1.74 bits per heavy atom. The molecule has 2 amide bonds. The lowest BCUT2D eigenvalue weighted by Crippen LogP contribution is -2.19. The normalized spacial score (nSPS) is 10.7. The number of urea groups is 1. The number of amides is 2. The fourth-order valence-electron chi connectivity index (χ4n) is 4.01. The van der Waals surface area contributed by atoms with Crippen LogP contribution in [0.15, 0.2) is 79.0 Å². The summed E-state index contributed by atoms with van der Waals surface area (Å²) >= 11 is 0. The van der Waals surface area contributed by atoms with Gasteiger partial charge in [-0.2, -0.15) is 5.26 Å². The summed E-state index contributed by atoms with van der Waals surface area (Å²) in [6, 6.07) is 24.8. The molecule has 8 heteroatoms. The van der Waals surface area contributed by atoms with Crippen molar-refractivity contribution < 1.29 is 9.53 Å². The molecule has 1 aromatic heterocycles. The highest BCUT2D eigenvalue weighted by Gasteiger charge is 2.10. The number of nitrogens with one attached hydrogen (secondary N) is 3. The van der Waals surface area contributed by atoms with E-state index in [9.17, 15) is 10.1 Å². The molecule has 4 aromatic rings. The Bertz CT molecular complexity index is 1400. The van der Waals surface area contributed by atoms with E-state index >= 15 is 0 Å². The van der Waals surface area contributed by atoms with E-state index in [-0.39, 0.29) is 6.03 Å². The third-order valence-electron chi connectivity index (χ3n) is 5.94. The second-order valence-electron chi connectivity index (χ2n) is 9.16. The zero-order valence-electron chi connectivity index (χ0n) is 21.7. The van der Waals surface area contributed by atoms with Crippen LogP contribution >= 0.6 is 0 Å². The highest BCUT2D eigenvalue weighted by atomic mass is 16.5. The zero-order chi connectivity index (χ0) is 26.7. The Morgan fingerprint density at radius 3 is 2.45 bits per heavy atom. The second-order valence-corrected chi connectivity index (χ2v) is 9.16. The third-order valence-corrected chi connectivity index (χ3v) is 5.94. The predicted molar refractivity (Wildman–Crippen MR) is 153 cm³/mol. The van der Waals surface area contributed by atoms with E-state index in [1.165, 1.54) is 0 Å². The fraction of sp³-hybridized carbons (Fsp3) is 0.233. The number of carbonyl (C=O) groups is 1. The first-order chi connectivity index (χ1) is 18.5. The topological polar surface area (TPSA) is 102 Å². The first-order valence-corrected chi connectivity index (χ1v) is 12.6. The van der Waals surface area contributed by atoms with E-state index in [1.807, 2.05) is 86.9 Å². The average molecular weight is 509 g/mol. The lowest BCUT2D eigenvalue weighted by atomic mass is 10.1. The van der Waals surface area contributed by atoms with Crippen molar-refractivity contribution in [3.8, 4) is 11.8 Å². The minimum Gasteiger partial charge on any atom is -0.493 e. The number of hydrogen-bond donors (Lipinski definition) is 3. The van der Waals surface area contributed by atoms with Gasteiger partial charge in [0.1, 0.15) is 11.8 Å². The molecule has 38 heavy (non-hydrogen) atoms. The summed E-state index contributed by atoms with van der Waals surface area (Å²) in [4.78, 5) is 18.8. The molecule has 194 valence electrons. The lowest BCUT2D eigenvalue weighted by Gasteiger charge is -2.14. The molecule has 0 aliphatic carbocycles. The summed E-state index contributed by atoms with van der Waals surface area (Å²) < 4.78 is 5.88. The number of carbonyl (C=O) groups excluding carboxylic acids is 1. The number of nitriles is 1. The third kappa shape index (κ3) is 7.45. The largest absolute Gasteiger partial charge is 0.493 e. The maximum atomic E-state index is 12.2. The first kappa shape index (κ1) is 26.5. The molecule has 3 aromatic carbocycles. The summed E-state index contributed by atoms with van der Waals surface area (Å²) in [5.74, 6) is 0.769. The van der Waals surface area contributed by atoms with Crippen LogP contribution < -0.4 is 20.7 Å². The lowest BCUT2D eigenvalue weighted by molar-refractivity contribution is 0.262. The summed E-state index contributed by atoms with van der Waals surface area (Å²) in [6.45, 7) is 2.24. The van der Waals surface area contributed by atoms with Gasteiger partial charge in [-0.15, -0.1) is 0 Å². The van der Waals surface area contributed by atoms with E-state index in [0.29, 0.717) is 24.4 Å². The van der Waals surface area contributed by atoms with Gasteiger partial charge in [0, 0.05) is 42.1 Å². The molecule has 0 radical (unpaired) electrons. The maximum Gasteiger partial charge on any atom is 0.323 e. The smallest absolute Gasteiger partial charge is 0.323 e. The van der Waals surface area contributed by atoms with Crippen molar-refractivity contribution in [2.45, 2.75) is 12.8 Å². The number of anilines is 3. The molecule has 8 nitrogen and oxygen atoms in total. The van der Waals surface area contributed by atoms with Gasteiger partial charge in [-0.05, 0) is 68.9 Å².